The maximum absolute atomic E-state index is 13.3. The second-order valence-corrected chi connectivity index (χ2v) is 11.3. The molecule has 1 saturated heterocycles. The van der Waals surface area contributed by atoms with E-state index in [1.165, 1.54) is 5.56 Å². The molecule has 1 N–H and O–H groups in total. The van der Waals surface area contributed by atoms with Crippen LogP contribution in [-0.4, -0.2) is 69.4 Å². The van der Waals surface area contributed by atoms with Crippen molar-refractivity contribution in [3.05, 3.63) is 40.6 Å². The van der Waals surface area contributed by atoms with Crippen LogP contribution in [0.4, 0.5) is 11.8 Å². The van der Waals surface area contributed by atoms with Gasteiger partial charge in [0.05, 0.1) is 6.54 Å². The number of nitrogens with zero attached hydrogens (tertiary/aromatic N) is 5. The number of hydrogen-bond donors (Lipinski definition) is 1. The Kier molecular flexibility index (Phi) is 6.50. The van der Waals surface area contributed by atoms with E-state index in [1.54, 1.807) is 6.92 Å². The number of anilines is 2. The topological polar surface area (TPSA) is 90.9 Å². The van der Waals surface area contributed by atoms with E-state index in [2.05, 4.69) is 49.2 Å². The van der Waals surface area contributed by atoms with Crippen LogP contribution in [0.25, 0.3) is 0 Å². The van der Waals surface area contributed by atoms with E-state index >= 15 is 0 Å². The molecule has 1 atom stereocenters. The third-order valence-corrected chi connectivity index (χ3v) is 7.74. The fraction of sp³-hybridized carbons (Fsp3) is 0.571. The molecule has 0 bridgehead atoms. The summed E-state index contributed by atoms with van der Waals surface area (Å²) in [5.74, 6) is 2.22. The molecular formula is C28H38N6O3. The average molecular weight is 507 g/mol. The number of carbonyl (C=O) groups is 2. The van der Waals surface area contributed by atoms with Crippen LogP contribution in [0.5, 0.6) is 5.75 Å². The largest absolute Gasteiger partial charge is 0.488 e. The number of piperazine rings is 1. The molecule has 9 heteroatoms. The van der Waals surface area contributed by atoms with Crippen molar-refractivity contribution >= 4 is 23.6 Å². The molecule has 4 heterocycles. The quantitative estimate of drug-likeness (QED) is 0.660. The molecule has 3 aliphatic rings. The number of benzene rings is 1. The van der Waals surface area contributed by atoms with Crippen molar-refractivity contribution in [1.82, 2.24) is 19.8 Å². The van der Waals surface area contributed by atoms with E-state index in [9.17, 15) is 9.59 Å². The van der Waals surface area contributed by atoms with Gasteiger partial charge in [0, 0.05) is 50.7 Å². The molecule has 1 fully saturated rings. The predicted molar refractivity (Wildman–Crippen MR) is 143 cm³/mol. The zero-order chi connectivity index (χ0) is 26.5. The molecule has 198 valence electrons. The summed E-state index contributed by atoms with van der Waals surface area (Å²) < 4.78 is 6.17. The normalized spacial score (nSPS) is 19.4. The molecular weight excluding hydrogens is 468 g/mol. The molecule has 3 aliphatic heterocycles. The molecule has 0 spiro atoms. The lowest BCUT2D eigenvalue weighted by Crippen LogP contribution is -2.48. The molecule has 5 rings (SSSR count). The summed E-state index contributed by atoms with van der Waals surface area (Å²) in [6.07, 6.45) is 1.97. The molecule has 2 aromatic rings. The Morgan fingerprint density at radius 3 is 2.51 bits per heavy atom. The molecule has 37 heavy (non-hydrogen) atoms. The van der Waals surface area contributed by atoms with Crippen LogP contribution in [-0.2, 0) is 17.8 Å². The van der Waals surface area contributed by atoms with Crippen molar-refractivity contribution in [2.45, 2.75) is 78.6 Å². The van der Waals surface area contributed by atoms with Gasteiger partial charge >= 0.3 is 0 Å². The van der Waals surface area contributed by atoms with Crippen LogP contribution in [0.1, 0.15) is 81.2 Å². The SMILES string of the molecule is CC(=O)N1CCN(c2nc(NC(C)c3ccc4c(c3)CCC(C)(C)O4)c3c(n2)C(=O)N(C(C)C)C3)CC1. The van der Waals surface area contributed by atoms with Crippen molar-refractivity contribution in [1.29, 1.82) is 0 Å². The van der Waals surface area contributed by atoms with Gasteiger partial charge in [-0.25, -0.2) is 4.98 Å². The summed E-state index contributed by atoms with van der Waals surface area (Å²) in [7, 11) is 0. The number of aryl methyl sites for hydroxylation is 1. The third-order valence-electron chi connectivity index (χ3n) is 7.74. The Balaban J connectivity index is 1.43. The van der Waals surface area contributed by atoms with Gasteiger partial charge in [0.25, 0.3) is 5.91 Å². The minimum Gasteiger partial charge on any atom is -0.488 e. The van der Waals surface area contributed by atoms with Gasteiger partial charge in [0.2, 0.25) is 11.9 Å². The molecule has 2 amide bonds. The van der Waals surface area contributed by atoms with Gasteiger partial charge in [-0.2, -0.15) is 4.98 Å². The average Bonchev–Trinajstić information content (AvgIpc) is 3.20. The summed E-state index contributed by atoms with van der Waals surface area (Å²) in [6.45, 7) is 15.0. The summed E-state index contributed by atoms with van der Waals surface area (Å²) in [5, 5.41) is 3.61. The number of aromatic nitrogens is 2. The summed E-state index contributed by atoms with van der Waals surface area (Å²) >= 11 is 0. The molecule has 1 unspecified atom stereocenters. The third kappa shape index (κ3) is 4.95. The van der Waals surface area contributed by atoms with Crippen LogP contribution in [0.3, 0.4) is 0 Å². The summed E-state index contributed by atoms with van der Waals surface area (Å²) in [4.78, 5) is 40.4. The van der Waals surface area contributed by atoms with Gasteiger partial charge in [0.15, 0.2) is 0 Å². The molecule has 1 aromatic heterocycles. The maximum atomic E-state index is 13.3. The van der Waals surface area contributed by atoms with Gasteiger partial charge in [-0.15, -0.1) is 0 Å². The van der Waals surface area contributed by atoms with Crippen LogP contribution in [0, 0.1) is 0 Å². The Bertz CT molecular complexity index is 1220. The van der Waals surface area contributed by atoms with Gasteiger partial charge < -0.3 is 24.8 Å². The number of amides is 2. The number of hydrogen-bond acceptors (Lipinski definition) is 7. The number of nitrogens with one attached hydrogen (secondary N) is 1. The highest BCUT2D eigenvalue weighted by atomic mass is 16.5. The Morgan fingerprint density at radius 1 is 1.11 bits per heavy atom. The van der Waals surface area contributed by atoms with E-state index in [4.69, 9.17) is 14.7 Å². The Morgan fingerprint density at radius 2 is 1.84 bits per heavy atom. The van der Waals surface area contributed by atoms with Crippen molar-refractivity contribution < 1.29 is 14.3 Å². The van der Waals surface area contributed by atoms with E-state index in [0.29, 0.717) is 50.2 Å². The van der Waals surface area contributed by atoms with Crippen molar-refractivity contribution in [3.8, 4) is 5.75 Å². The monoisotopic (exact) mass is 506 g/mol. The standard InChI is InChI=1S/C28H38N6O3/c1-17(2)34-16-22-24(26(34)36)30-27(33-13-11-32(12-14-33)19(4)35)31-25(22)29-18(3)20-7-8-23-21(15-20)9-10-28(5,6)37-23/h7-8,15,17-18H,9-14,16H2,1-6H3,(H,29,30,31). The first-order chi connectivity index (χ1) is 17.5. The zero-order valence-electron chi connectivity index (χ0n) is 22.8. The zero-order valence-corrected chi connectivity index (χ0v) is 22.8. The van der Waals surface area contributed by atoms with Crippen molar-refractivity contribution in [2.75, 3.05) is 36.4 Å². The number of ether oxygens (including phenoxy) is 1. The van der Waals surface area contributed by atoms with Gasteiger partial charge in [-0.3, -0.25) is 9.59 Å². The molecule has 1 aromatic carbocycles. The highest BCUT2D eigenvalue weighted by Gasteiger charge is 2.36. The molecule has 0 aliphatic carbocycles. The lowest BCUT2D eigenvalue weighted by Gasteiger charge is -2.34. The van der Waals surface area contributed by atoms with Gasteiger partial charge in [-0.05, 0) is 64.7 Å². The second-order valence-electron chi connectivity index (χ2n) is 11.3. The molecule has 0 saturated carbocycles. The van der Waals surface area contributed by atoms with Crippen LogP contribution >= 0.6 is 0 Å². The lowest BCUT2D eigenvalue weighted by molar-refractivity contribution is -0.129. The van der Waals surface area contributed by atoms with Gasteiger partial charge in [0.1, 0.15) is 22.9 Å². The first-order valence-electron chi connectivity index (χ1n) is 13.3. The maximum Gasteiger partial charge on any atom is 0.273 e. The number of carbonyl (C=O) groups excluding carboxylic acids is 2. The first-order valence-corrected chi connectivity index (χ1v) is 13.3. The van der Waals surface area contributed by atoms with Crippen molar-refractivity contribution in [2.24, 2.45) is 0 Å². The number of fused-ring (bicyclic) bond motifs is 2. The second kappa shape index (κ2) is 9.50. The summed E-state index contributed by atoms with van der Waals surface area (Å²) in [6, 6.07) is 6.44. The highest BCUT2D eigenvalue weighted by molar-refractivity contribution is 5.98. The van der Waals surface area contributed by atoms with Crippen LogP contribution in [0.2, 0.25) is 0 Å². The van der Waals surface area contributed by atoms with Crippen LogP contribution in [0.15, 0.2) is 18.2 Å². The van der Waals surface area contributed by atoms with E-state index in [-0.39, 0.29) is 29.5 Å². The fourth-order valence-electron chi connectivity index (χ4n) is 5.31. The fourth-order valence-corrected chi connectivity index (χ4v) is 5.31. The highest BCUT2D eigenvalue weighted by Crippen LogP contribution is 2.36. The van der Waals surface area contributed by atoms with Crippen molar-refractivity contribution in [3.63, 3.8) is 0 Å². The molecule has 9 nitrogen and oxygen atoms in total. The molecule has 0 radical (unpaired) electrons. The minimum absolute atomic E-state index is 0.0233. The minimum atomic E-state index is -0.138. The predicted octanol–water partition coefficient (Wildman–Crippen LogP) is 3.79. The first kappa shape index (κ1) is 25.3. The van der Waals surface area contributed by atoms with Crippen LogP contribution < -0.4 is 15.0 Å². The van der Waals surface area contributed by atoms with Gasteiger partial charge in [-0.1, -0.05) is 12.1 Å². The van der Waals surface area contributed by atoms with E-state index in [0.717, 1.165) is 29.7 Å². The smallest absolute Gasteiger partial charge is 0.273 e. The Hall–Kier alpha value is -3.36. The summed E-state index contributed by atoms with van der Waals surface area (Å²) in [5.41, 5.74) is 3.56. The van der Waals surface area contributed by atoms with E-state index in [1.807, 2.05) is 23.6 Å². The van der Waals surface area contributed by atoms with E-state index < -0.39 is 0 Å². The number of rotatable bonds is 5. The Labute approximate surface area is 219 Å². The lowest BCUT2D eigenvalue weighted by atomic mass is 9.92.